The van der Waals surface area contributed by atoms with Crippen molar-refractivity contribution in [3.05, 3.63) is 30.1 Å². The summed E-state index contributed by atoms with van der Waals surface area (Å²) in [6.45, 7) is 4.55. The average molecular weight is 254 g/mol. The normalized spacial score (nSPS) is 14.0. The van der Waals surface area contributed by atoms with Crippen LogP contribution in [0.5, 0.6) is 0 Å². The van der Waals surface area contributed by atoms with E-state index in [1.807, 2.05) is 11.8 Å². The van der Waals surface area contributed by atoms with Gasteiger partial charge >= 0.3 is 5.97 Å². The van der Waals surface area contributed by atoms with Gasteiger partial charge in [0.05, 0.1) is 0 Å². The third-order valence-electron chi connectivity index (χ3n) is 2.94. The van der Waals surface area contributed by atoms with Crippen LogP contribution in [-0.4, -0.2) is 29.7 Å². The van der Waals surface area contributed by atoms with Gasteiger partial charge in [0.1, 0.15) is 11.4 Å². The van der Waals surface area contributed by atoms with Gasteiger partial charge in [-0.15, -0.1) is 0 Å². The number of halogens is 1. The van der Waals surface area contributed by atoms with Gasteiger partial charge in [0, 0.05) is 18.8 Å². The molecule has 0 heterocycles. The topological polar surface area (TPSA) is 66.6 Å². The van der Waals surface area contributed by atoms with Crippen LogP contribution in [-0.2, 0) is 4.79 Å². The molecule has 100 valence electrons. The van der Waals surface area contributed by atoms with Gasteiger partial charge in [-0.25, -0.2) is 4.39 Å². The maximum absolute atomic E-state index is 13.1. The van der Waals surface area contributed by atoms with Gasteiger partial charge < -0.3 is 15.7 Å². The number of aliphatic carboxylic acids is 1. The van der Waals surface area contributed by atoms with Crippen LogP contribution in [0.4, 0.5) is 10.1 Å². The summed E-state index contributed by atoms with van der Waals surface area (Å²) in [6, 6.07) is 6.23. The van der Waals surface area contributed by atoms with E-state index in [2.05, 4.69) is 0 Å². The van der Waals surface area contributed by atoms with Crippen molar-refractivity contribution >= 4 is 11.7 Å². The predicted molar refractivity (Wildman–Crippen MR) is 69.1 cm³/mol. The average Bonchev–Trinajstić information content (AvgIpc) is 2.29. The largest absolute Gasteiger partial charge is 0.480 e. The number of carbonyl (C=O) groups is 1. The number of benzene rings is 1. The molecule has 0 saturated heterocycles. The number of carboxylic acids is 1. The first-order valence-corrected chi connectivity index (χ1v) is 5.89. The fraction of sp³-hybridized carbons (Fsp3) is 0.462. The molecule has 4 nitrogen and oxygen atoms in total. The lowest BCUT2D eigenvalue weighted by molar-refractivity contribution is -0.142. The van der Waals surface area contributed by atoms with Crippen molar-refractivity contribution in [3.63, 3.8) is 0 Å². The zero-order chi connectivity index (χ0) is 13.8. The summed E-state index contributed by atoms with van der Waals surface area (Å²) in [5.41, 5.74) is 5.14. The van der Waals surface area contributed by atoms with E-state index in [1.54, 1.807) is 12.1 Å². The standard InChI is InChI=1S/C13H19FN2O2/c1-3-16(8-7-13(2,15)12(17)18)11-6-4-5-10(14)9-11/h4-6,9H,3,7-8,15H2,1-2H3,(H,17,18). The molecule has 0 spiro atoms. The SMILES string of the molecule is CCN(CCC(C)(N)C(=O)O)c1cccc(F)c1. The Kier molecular flexibility index (Phi) is 4.67. The van der Waals surface area contributed by atoms with Crippen molar-refractivity contribution < 1.29 is 14.3 Å². The highest BCUT2D eigenvalue weighted by atomic mass is 19.1. The molecule has 1 aromatic rings. The number of nitrogens with zero attached hydrogens (tertiary/aromatic N) is 1. The van der Waals surface area contributed by atoms with E-state index in [0.717, 1.165) is 5.69 Å². The summed E-state index contributed by atoms with van der Waals surface area (Å²) in [5.74, 6) is -1.34. The number of nitrogens with two attached hydrogens (primary N) is 1. The smallest absolute Gasteiger partial charge is 0.323 e. The van der Waals surface area contributed by atoms with E-state index in [-0.39, 0.29) is 5.82 Å². The fourth-order valence-corrected chi connectivity index (χ4v) is 1.62. The van der Waals surface area contributed by atoms with E-state index >= 15 is 0 Å². The molecule has 0 aliphatic heterocycles. The van der Waals surface area contributed by atoms with Crippen LogP contribution in [0.25, 0.3) is 0 Å². The lowest BCUT2D eigenvalue weighted by Crippen LogP contribution is -2.47. The van der Waals surface area contributed by atoms with Crippen molar-refractivity contribution in [3.8, 4) is 0 Å². The Morgan fingerprint density at radius 1 is 1.56 bits per heavy atom. The molecule has 1 unspecified atom stereocenters. The first-order chi connectivity index (χ1) is 8.36. The second-order valence-corrected chi connectivity index (χ2v) is 4.53. The number of rotatable bonds is 6. The molecule has 0 aromatic heterocycles. The third-order valence-corrected chi connectivity index (χ3v) is 2.94. The molecule has 3 N–H and O–H groups in total. The monoisotopic (exact) mass is 254 g/mol. The lowest BCUT2D eigenvalue weighted by Gasteiger charge is -2.27. The number of hydrogen-bond donors (Lipinski definition) is 2. The van der Waals surface area contributed by atoms with E-state index in [9.17, 15) is 9.18 Å². The van der Waals surface area contributed by atoms with Crippen molar-refractivity contribution in [2.45, 2.75) is 25.8 Å². The maximum Gasteiger partial charge on any atom is 0.323 e. The second-order valence-electron chi connectivity index (χ2n) is 4.53. The molecular formula is C13H19FN2O2. The van der Waals surface area contributed by atoms with Crippen LogP contribution in [0.3, 0.4) is 0 Å². The Morgan fingerprint density at radius 3 is 2.72 bits per heavy atom. The molecule has 0 fully saturated rings. The lowest BCUT2D eigenvalue weighted by atomic mass is 9.99. The van der Waals surface area contributed by atoms with Gasteiger partial charge in [-0.2, -0.15) is 0 Å². The number of hydrogen-bond acceptors (Lipinski definition) is 3. The fourth-order valence-electron chi connectivity index (χ4n) is 1.62. The molecule has 0 saturated carbocycles. The Labute approximate surface area is 106 Å². The molecule has 0 amide bonds. The van der Waals surface area contributed by atoms with Crippen molar-refractivity contribution in [2.75, 3.05) is 18.0 Å². The minimum Gasteiger partial charge on any atom is -0.480 e. The Hall–Kier alpha value is -1.62. The van der Waals surface area contributed by atoms with Crippen LogP contribution in [0, 0.1) is 5.82 Å². The molecule has 0 bridgehead atoms. The van der Waals surface area contributed by atoms with Crippen molar-refractivity contribution in [2.24, 2.45) is 5.73 Å². The molecule has 0 radical (unpaired) electrons. The highest BCUT2D eigenvalue weighted by Gasteiger charge is 2.28. The minimum atomic E-state index is -1.26. The summed E-state index contributed by atoms with van der Waals surface area (Å²) in [4.78, 5) is 12.8. The Balaban J connectivity index is 2.72. The zero-order valence-electron chi connectivity index (χ0n) is 10.7. The van der Waals surface area contributed by atoms with E-state index < -0.39 is 11.5 Å². The molecule has 18 heavy (non-hydrogen) atoms. The van der Waals surface area contributed by atoms with Crippen LogP contribution in [0.2, 0.25) is 0 Å². The van der Waals surface area contributed by atoms with Crippen LogP contribution in [0.1, 0.15) is 20.3 Å². The van der Waals surface area contributed by atoms with Gasteiger partial charge in [-0.1, -0.05) is 6.07 Å². The Bertz CT molecular complexity index is 421. The minimum absolute atomic E-state index is 0.298. The maximum atomic E-state index is 13.1. The summed E-state index contributed by atoms with van der Waals surface area (Å²) in [6.07, 6.45) is 0.298. The second kappa shape index (κ2) is 5.82. The molecule has 0 aliphatic carbocycles. The van der Waals surface area contributed by atoms with Crippen molar-refractivity contribution in [1.82, 2.24) is 0 Å². The van der Waals surface area contributed by atoms with Crippen molar-refractivity contribution in [1.29, 1.82) is 0 Å². The number of carboxylic acid groups (broad SMARTS) is 1. The van der Waals surface area contributed by atoms with Gasteiger partial charge in [0.2, 0.25) is 0 Å². The molecule has 1 rings (SSSR count). The molecular weight excluding hydrogens is 235 g/mol. The van der Waals surface area contributed by atoms with E-state index in [1.165, 1.54) is 19.1 Å². The van der Waals surface area contributed by atoms with E-state index in [0.29, 0.717) is 19.5 Å². The molecule has 1 atom stereocenters. The van der Waals surface area contributed by atoms with Crippen LogP contribution < -0.4 is 10.6 Å². The van der Waals surface area contributed by atoms with Gasteiger partial charge in [-0.05, 0) is 38.5 Å². The Morgan fingerprint density at radius 2 is 2.22 bits per heavy atom. The number of anilines is 1. The third kappa shape index (κ3) is 3.70. The predicted octanol–water partition coefficient (Wildman–Crippen LogP) is 1.84. The zero-order valence-corrected chi connectivity index (χ0v) is 10.7. The summed E-state index contributed by atoms with van der Waals surface area (Å²) in [7, 11) is 0. The summed E-state index contributed by atoms with van der Waals surface area (Å²) in [5, 5.41) is 8.94. The van der Waals surface area contributed by atoms with Crippen LogP contribution >= 0.6 is 0 Å². The summed E-state index contributed by atoms with van der Waals surface area (Å²) >= 11 is 0. The first kappa shape index (κ1) is 14.4. The molecule has 0 aliphatic rings. The van der Waals surface area contributed by atoms with Gasteiger partial charge in [0.25, 0.3) is 0 Å². The first-order valence-electron chi connectivity index (χ1n) is 5.89. The molecule has 5 heteroatoms. The quantitative estimate of drug-likeness (QED) is 0.813. The van der Waals surface area contributed by atoms with E-state index in [4.69, 9.17) is 10.8 Å². The van der Waals surface area contributed by atoms with Crippen LogP contribution in [0.15, 0.2) is 24.3 Å². The highest BCUT2D eigenvalue weighted by Crippen LogP contribution is 2.17. The van der Waals surface area contributed by atoms with Gasteiger partial charge in [0.15, 0.2) is 0 Å². The summed E-state index contributed by atoms with van der Waals surface area (Å²) < 4.78 is 13.1. The highest BCUT2D eigenvalue weighted by molar-refractivity contribution is 5.77. The molecule has 1 aromatic carbocycles. The van der Waals surface area contributed by atoms with Gasteiger partial charge in [-0.3, -0.25) is 4.79 Å².